The van der Waals surface area contributed by atoms with Gasteiger partial charge in [-0.05, 0) is 17.7 Å². The summed E-state index contributed by atoms with van der Waals surface area (Å²) in [4.78, 5) is 0. The molecule has 2 nitrogen and oxygen atoms in total. The van der Waals surface area contributed by atoms with Gasteiger partial charge >= 0.3 is 0 Å². The molecule has 0 saturated carbocycles. The second kappa shape index (κ2) is 4.88. The molecule has 68 valence electrons. The largest absolute Gasteiger partial charge is 0.384 e. The van der Waals surface area contributed by atoms with Crippen molar-refractivity contribution in [2.24, 2.45) is 0 Å². The Hall–Kier alpha value is -1.01. The van der Waals surface area contributed by atoms with Gasteiger partial charge in [-0.25, -0.2) is 0 Å². The molecule has 13 heavy (non-hydrogen) atoms. The predicted octanol–water partition coefficient (Wildman–Crippen LogP) is 1.37. The van der Waals surface area contributed by atoms with Gasteiger partial charge in [0.05, 0.1) is 0 Å². The quantitative estimate of drug-likeness (QED) is 0.666. The van der Waals surface area contributed by atoms with Gasteiger partial charge in [-0.2, -0.15) is 0 Å². The summed E-state index contributed by atoms with van der Waals surface area (Å²) in [7, 11) is 0. The van der Waals surface area contributed by atoms with E-state index in [0.29, 0.717) is 10.6 Å². The summed E-state index contributed by atoms with van der Waals surface area (Å²) in [5.41, 5.74) is 0.633. The molecule has 2 N–H and O–H groups in total. The van der Waals surface area contributed by atoms with Crippen molar-refractivity contribution in [2.75, 3.05) is 6.61 Å². The van der Waals surface area contributed by atoms with Crippen LogP contribution < -0.4 is 0 Å². The zero-order chi connectivity index (χ0) is 9.68. The van der Waals surface area contributed by atoms with Crippen molar-refractivity contribution in [2.45, 2.75) is 6.10 Å². The van der Waals surface area contributed by atoms with Gasteiger partial charge in [0.1, 0.15) is 12.7 Å². The van der Waals surface area contributed by atoms with Crippen LogP contribution in [0.25, 0.3) is 0 Å². The van der Waals surface area contributed by atoms with Gasteiger partial charge in [0.25, 0.3) is 0 Å². The average Bonchev–Trinajstić information content (AvgIpc) is 2.14. The Morgan fingerprint density at radius 3 is 2.85 bits per heavy atom. The van der Waals surface area contributed by atoms with Crippen LogP contribution in [0.15, 0.2) is 24.3 Å². The van der Waals surface area contributed by atoms with Crippen LogP contribution in [0.5, 0.6) is 0 Å². The molecule has 0 aromatic heterocycles. The van der Waals surface area contributed by atoms with Gasteiger partial charge < -0.3 is 10.2 Å². The minimum Gasteiger partial charge on any atom is -0.384 e. The topological polar surface area (TPSA) is 40.5 Å². The monoisotopic (exact) mass is 196 g/mol. The first-order chi connectivity index (χ1) is 6.24. The summed E-state index contributed by atoms with van der Waals surface area (Å²) in [6.45, 7) is -0.252. The minimum atomic E-state index is -0.883. The van der Waals surface area contributed by atoms with Crippen LogP contribution in [0.4, 0.5) is 0 Å². The third kappa shape index (κ3) is 3.08. The molecular formula is C10H9ClO2. The molecule has 0 heterocycles. The van der Waals surface area contributed by atoms with E-state index in [1.165, 1.54) is 0 Å². The van der Waals surface area contributed by atoms with E-state index in [-0.39, 0.29) is 6.61 Å². The Morgan fingerprint density at radius 2 is 2.23 bits per heavy atom. The van der Waals surface area contributed by atoms with Gasteiger partial charge in [-0.3, -0.25) is 0 Å². The van der Waals surface area contributed by atoms with Crippen LogP contribution in [-0.2, 0) is 0 Å². The van der Waals surface area contributed by atoms with Crippen LogP contribution in [0.1, 0.15) is 11.7 Å². The fourth-order valence-corrected chi connectivity index (χ4v) is 1.10. The molecule has 1 aromatic rings. The van der Waals surface area contributed by atoms with Crippen LogP contribution in [0.3, 0.4) is 0 Å². The van der Waals surface area contributed by atoms with E-state index in [1.807, 2.05) is 0 Å². The zero-order valence-electron chi connectivity index (χ0n) is 6.87. The number of hydrogen-bond acceptors (Lipinski definition) is 2. The fourth-order valence-electron chi connectivity index (χ4n) is 0.902. The third-order valence-corrected chi connectivity index (χ3v) is 1.72. The number of halogens is 1. The Kier molecular flexibility index (Phi) is 3.78. The highest BCUT2D eigenvalue weighted by atomic mass is 35.5. The zero-order valence-corrected chi connectivity index (χ0v) is 7.62. The second-order valence-corrected chi connectivity index (χ2v) is 2.87. The Morgan fingerprint density at radius 1 is 1.46 bits per heavy atom. The van der Waals surface area contributed by atoms with Crippen molar-refractivity contribution < 1.29 is 10.2 Å². The summed E-state index contributed by atoms with van der Waals surface area (Å²) < 4.78 is 0. The van der Waals surface area contributed by atoms with Crippen LogP contribution in [0, 0.1) is 11.8 Å². The van der Waals surface area contributed by atoms with Gasteiger partial charge in [-0.1, -0.05) is 35.6 Å². The SMILES string of the molecule is OCC#CC(O)c1cccc(Cl)c1. The highest BCUT2D eigenvalue weighted by Crippen LogP contribution is 2.16. The maximum atomic E-state index is 9.43. The number of aliphatic hydroxyl groups is 2. The molecule has 0 bridgehead atoms. The standard InChI is InChI=1S/C10H9ClO2/c11-9-4-1-3-8(7-9)10(13)5-2-6-12/h1,3-4,7,10,12-13H,6H2. The fraction of sp³-hybridized carbons (Fsp3) is 0.200. The molecular weight excluding hydrogens is 188 g/mol. The first-order valence-corrected chi connectivity index (χ1v) is 4.14. The molecule has 1 atom stereocenters. The van der Waals surface area contributed by atoms with Gasteiger partial charge in [0.2, 0.25) is 0 Å². The van der Waals surface area contributed by atoms with Crippen molar-refractivity contribution in [3.8, 4) is 11.8 Å². The lowest BCUT2D eigenvalue weighted by Gasteiger charge is -2.02. The van der Waals surface area contributed by atoms with E-state index in [9.17, 15) is 5.11 Å². The van der Waals surface area contributed by atoms with E-state index in [1.54, 1.807) is 24.3 Å². The highest BCUT2D eigenvalue weighted by Gasteiger charge is 2.02. The summed E-state index contributed by atoms with van der Waals surface area (Å²) in [5.74, 6) is 4.85. The lowest BCUT2D eigenvalue weighted by Crippen LogP contribution is -1.93. The van der Waals surface area contributed by atoms with Crippen molar-refractivity contribution in [1.82, 2.24) is 0 Å². The molecule has 0 aliphatic heterocycles. The van der Waals surface area contributed by atoms with Crippen LogP contribution in [-0.4, -0.2) is 16.8 Å². The molecule has 1 unspecified atom stereocenters. The molecule has 3 heteroatoms. The third-order valence-electron chi connectivity index (χ3n) is 1.48. The van der Waals surface area contributed by atoms with E-state index < -0.39 is 6.10 Å². The summed E-state index contributed by atoms with van der Waals surface area (Å²) in [5, 5.41) is 18.4. The summed E-state index contributed by atoms with van der Waals surface area (Å²) >= 11 is 5.71. The van der Waals surface area contributed by atoms with Crippen molar-refractivity contribution in [3.05, 3.63) is 34.9 Å². The van der Waals surface area contributed by atoms with E-state index in [4.69, 9.17) is 16.7 Å². The smallest absolute Gasteiger partial charge is 0.140 e. The van der Waals surface area contributed by atoms with Gasteiger partial charge in [-0.15, -0.1) is 0 Å². The highest BCUT2D eigenvalue weighted by molar-refractivity contribution is 6.30. The lowest BCUT2D eigenvalue weighted by atomic mass is 10.1. The molecule has 0 spiro atoms. The van der Waals surface area contributed by atoms with E-state index in [0.717, 1.165) is 0 Å². The van der Waals surface area contributed by atoms with Crippen molar-refractivity contribution in [3.63, 3.8) is 0 Å². The predicted molar refractivity (Wildman–Crippen MR) is 51.3 cm³/mol. The first-order valence-electron chi connectivity index (χ1n) is 3.77. The maximum absolute atomic E-state index is 9.43. The number of rotatable bonds is 1. The van der Waals surface area contributed by atoms with Crippen molar-refractivity contribution in [1.29, 1.82) is 0 Å². The van der Waals surface area contributed by atoms with Gasteiger partial charge in [0.15, 0.2) is 0 Å². The first kappa shape index (κ1) is 10.1. The number of aliphatic hydroxyl groups excluding tert-OH is 2. The molecule has 0 saturated heterocycles. The molecule has 0 aliphatic carbocycles. The molecule has 0 aliphatic rings. The Balaban J connectivity index is 2.82. The Bertz CT molecular complexity index is 338. The maximum Gasteiger partial charge on any atom is 0.140 e. The molecule has 0 fully saturated rings. The summed E-state index contributed by atoms with van der Waals surface area (Å²) in [6.07, 6.45) is -0.883. The molecule has 1 rings (SSSR count). The van der Waals surface area contributed by atoms with E-state index in [2.05, 4.69) is 11.8 Å². The minimum absolute atomic E-state index is 0.252. The van der Waals surface area contributed by atoms with E-state index >= 15 is 0 Å². The lowest BCUT2D eigenvalue weighted by molar-refractivity contribution is 0.237. The van der Waals surface area contributed by atoms with Crippen molar-refractivity contribution >= 4 is 11.6 Å². The average molecular weight is 197 g/mol. The molecule has 0 amide bonds. The number of hydrogen-bond donors (Lipinski definition) is 2. The second-order valence-electron chi connectivity index (χ2n) is 2.44. The normalized spacial score (nSPS) is 11.6. The van der Waals surface area contributed by atoms with Crippen LogP contribution in [0.2, 0.25) is 5.02 Å². The molecule has 0 radical (unpaired) electrons. The van der Waals surface area contributed by atoms with Crippen LogP contribution >= 0.6 is 11.6 Å². The van der Waals surface area contributed by atoms with Gasteiger partial charge in [0, 0.05) is 5.02 Å². The number of benzene rings is 1. The Labute approximate surface area is 81.8 Å². The molecule has 1 aromatic carbocycles. The summed E-state index contributed by atoms with van der Waals surface area (Å²) in [6, 6.07) is 6.82.